The summed E-state index contributed by atoms with van der Waals surface area (Å²) in [4.78, 5) is 24.7. The van der Waals surface area contributed by atoms with Crippen molar-refractivity contribution in [1.29, 1.82) is 0 Å². The Hall–Kier alpha value is -1.30. The fourth-order valence-electron chi connectivity index (χ4n) is 2.23. The first kappa shape index (κ1) is 16.8. The number of carbonyl (C=O) groups is 2. The number of aliphatic carboxylic acids is 1. The highest BCUT2D eigenvalue weighted by Crippen LogP contribution is 2.17. The molecule has 0 saturated carbocycles. The van der Waals surface area contributed by atoms with Crippen molar-refractivity contribution >= 4 is 12.0 Å². The number of nitrogens with one attached hydrogen (secondary N) is 1. The summed E-state index contributed by atoms with van der Waals surface area (Å²) >= 11 is 0. The third kappa shape index (κ3) is 5.00. The number of urea groups is 1. The first-order chi connectivity index (χ1) is 9.45. The average Bonchev–Trinajstić information content (AvgIpc) is 2.42. The number of amides is 2. The molecule has 0 spiro atoms. The molecule has 0 bridgehead atoms. The number of carboxylic acid groups (broad SMARTS) is 1. The van der Waals surface area contributed by atoms with E-state index in [0.29, 0.717) is 45.1 Å². The van der Waals surface area contributed by atoms with E-state index in [1.807, 2.05) is 20.8 Å². The molecule has 1 heterocycles. The van der Waals surface area contributed by atoms with Gasteiger partial charge in [-0.15, -0.1) is 0 Å². The molecule has 1 atom stereocenters. The molecule has 0 aromatic carbocycles. The monoisotopic (exact) mass is 286 g/mol. The van der Waals surface area contributed by atoms with Gasteiger partial charge in [-0.2, -0.15) is 0 Å². The summed E-state index contributed by atoms with van der Waals surface area (Å²) in [7, 11) is 0. The molecule has 6 heteroatoms. The van der Waals surface area contributed by atoms with Crippen LogP contribution in [0.15, 0.2) is 0 Å². The quantitative estimate of drug-likeness (QED) is 0.776. The Kier molecular flexibility index (Phi) is 6.78. The number of rotatable bonds is 6. The molecule has 2 N–H and O–H groups in total. The van der Waals surface area contributed by atoms with Gasteiger partial charge in [0.15, 0.2) is 0 Å². The largest absolute Gasteiger partial charge is 0.481 e. The molecular weight excluding hydrogens is 260 g/mol. The second-order valence-corrected chi connectivity index (χ2v) is 5.56. The van der Waals surface area contributed by atoms with Crippen molar-refractivity contribution in [3.63, 3.8) is 0 Å². The summed E-state index contributed by atoms with van der Waals surface area (Å²) < 4.78 is 5.38. The Balaban J connectivity index is 2.43. The highest BCUT2D eigenvalue weighted by Gasteiger charge is 2.28. The number of nitrogens with zero attached hydrogens (tertiary/aromatic N) is 1. The van der Waals surface area contributed by atoms with Crippen LogP contribution in [0, 0.1) is 11.8 Å². The van der Waals surface area contributed by atoms with E-state index in [2.05, 4.69) is 5.32 Å². The van der Waals surface area contributed by atoms with Crippen LogP contribution < -0.4 is 5.32 Å². The van der Waals surface area contributed by atoms with E-state index in [1.54, 1.807) is 4.90 Å². The minimum absolute atomic E-state index is 0.0142. The molecule has 1 rings (SSSR count). The summed E-state index contributed by atoms with van der Waals surface area (Å²) in [5.41, 5.74) is 0. The zero-order valence-electron chi connectivity index (χ0n) is 12.6. The molecule has 0 radical (unpaired) electrons. The molecule has 116 valence electrons. The molecule has 0 aromatic rings. The van der Waals surface area contributed by atoms with Crippen molar-refractivity contribution in [2.75, 3.05) is 26.3 Å². The number of carbonyl (C=O) groups excluding carboxylic acids is 1. The summed E-state index contributed by atoms with van der Waals surface area (Å²) in [5.74, 6) is -0.785. The summed E-state index contributed by atoms with van der Waals surface area (Å²) in [6.45, 7) is 8.15. The van der Waals surface area contributed by atoms with Crippen molar-refractivity contribution in [3.8, 4) is 0 Å². The van der Waals surface area contributed by atoms with Crippen LogP contribution in [0.25, 0.3) is 0 Å². The van der Waals surface area contributed by atoms with Crippen molar-refractivity contribution < 1.29 is 19.4 Å². The summed E-state index contributed by atoms with van der Waals surface area (Å²) in [6, 6.07) is -0.133. The van der Waals surface area contributed by atoms with Crippen LogP contribution >= 0.6 is 0 Å². The zero-order chi connectivity index (χ0) is 15.1. The number of hydrogen-bond donors (Lipinski definition) is 2. The van der Waals surface area contributed by atoms with Gasteiger partial charge in [-0.05, 0) is 25.7 Å². The topological polar surface area (TPSA) is 78.9 Å². The number of ether oxygens (including phenoxy) is 1. The Morgan fingerprint density at radius 2 is 1.95 bits per heavy atom. The Morgan fingerprint density at radius 3 is 2.40 bits per heavy atom. The lowest BCUT2D eigenvalue weighted by molar-refractivity contribution is -0.143. The molecule has 1 aliphatic heterocycles. The Bertz CT molecular complexity index is 325. The average molecular weight is 286 g/mol. The smallest absolute Gasteiger partial charge is 0.317 e. The van der Waals surface area contributed by atoms with Gasteiger partial charge in [-0.25, -0.2) is 4.79 Å². The van der Waals surface area contributed by atoms with E-state index < -0.39 is 5.97 Å². The maximum absolute atomic E-state index is 12.2. The third-order valence-corrected chi connectivity index (χ3v) is 3.75. The van der Waals surface area contributed by atoms with Gasteiger partial charge < -0.3 is 20.1 Å². The molecule has 1 aliphatic rings. The molecule has 1 unspecified atom stereocenters. The Labute approximate surface area is 120 Å². The maximum atomic E-state index is 12.2. The van der Waals surface area contributed by atoms with Crippen LogP contribution in [0.3, 0.4) is 0 Å². The number of hydrogen-bond acceptors (Lipinski definition) is 3. The van der Waals surface area contributed by atoms with E-state index >= 15 is 0 Å². The van der Waals surface area contributed by atoms with Crippen molar-refractivity contribution in [2.24, 2.45) is 11.8 Å². The molecule has 1 saturated heterocycles. The minimum atomic E-state index is -0.763. The fraction of sp³-hybridized carbons (Fsp3) is 0.857. The van der Waals surface area contributed by atoms with Gasteiger partial charge in [0.25, 0.3) is 0 Å². The van der Waals surface area contributed by atoms with Crippen molar-refractivity contribution in [3.05, 3.63) is 0 Å². The molecule has 20 heavy (non-hydrogen) atoms. The summed E-state index contributed by atoms with van der Waals surface area (Å²) in [5, 5.41) is 11.9. The molecule has 0 aliphatic carbocycles. The van der Waals surface area contributed by atoms with Crippen LogP contribution in [0.4, 0.5) is 4.79 Å². The maximum Gasteiger partial charge on any atom is 0.317 e. The number of piperidine rings is 1. The van der Waals surface area contributed by atoms with Crippen LogP contribution in [0.5, 0.6) is 0 Å². The fourth-order valence-corrected chi connectivity index (χ4v) is 2.23. The second kappa shape index (κ2) is 8.09. The van der Waals surface area contributed by atoms with Crippen LogP contribution in [-0.2, 0) is 9.53 Å². The molecule has 6 nitrogen and oxygen atoms in total. The molecule has 0 aromatic heterocycles. The van der Waals surface area contributed by atoms with E-state index in [4.69, 9.17) is 9.84 Å². The highest BCUT2D eigenvalue weighted by atomic mass is 16.5. The van der Waals surface area contributed by atoms with Gasteiger partial charge in [-0.1, -0.05) is 13.8 Å². The van der Waals surface area contributed by atoms with Crippen LogP contribution in [-0.4, -0.2) is 54.4 Å². The van der Waals surface area contributed by atoms with Crippen LogP contribution in [0.1, 0.15) is 33.6 Å². The lowest BCUT2D eigenvalue weighted by Gasteiger charge is -2.32. The predicted molar refractivity (Wildman–Crippen MR) is 75.6 cm³/mol. The minimum Gasteiger partial charge on any atom is -0.481 e. The lowest BCUT2D eigenvalue weighted by Crippen LogP contribution is -2.51. The third-order valence-electron chi connectivity index (χ3n) is 3.75. The van der Waals surface area contributed by atoms with Crippen molar-refractivity contribution in [2.45, 2.75) is 39.7 Å². The van der Waals surface area contributed by atoms with E-state index in [1.165, 1.54) is 0 Å². The van der Waals surface area contributed by atoms with Gasteiger partial charge >= 0.3 is 12.0 Å². The SMILES string of the molecule is CCOCC(NC(=O)N1CCC(C(=O)O)CC1)C(C)C. The van der Waals surface area contributed by atoms with Gasteiger partial charge in [0.05, 0.1) is 18.6 Å². The van der Waals surface area contributed by atoms with Gasteiger partial charge in [0.1, 0.15) is 0 Å². The zero-order valence-corrected chi connectivity index (χ0v) is 12.6. The number of carboxylic acids is 1. The standard InChI is InChI=1S/C14H26N2O4/c1-4-20-9-12(10(2)3)15-14(19)16-7-5-11(6-8-16)13(17)18/h10-12H,4-9H2,1-3H3,(H,15,19)(H,17,18). The predicted octanol–water partition coefficient (Wildman–Crippen LogP) is 1.55. The second-order valence-electron chi connectivity index (χ2n) is 5.56. The lowest BCUT2D eigenvalue weighted by atomic mass is 9.97. The van der Waals surface area contributed by atoms with Gasteiger partial charge in [0, 0.05) is 19.7 Å². The molecule has 1 fully saturated rings. The highest BCUT2D eigenvalue weighted by molar-refractivity contribution is 5.75. The first-order valence-electron chi connectivity index (χ1n) is 7.31. The molecule has 2 amide bonds. The first-order valence-corrected chi connectivity index (χ1v) is 7.31. The summed E-state index contributed by atoms with van der Waals surface area (Å²) in [6.07, 6.45) is 1.06. The van der Waals surface area contributed by atoms with Crippen LogP contribution in [0.2, 0.25) is 0 Å². The van der Waals surface area contributed by atoms with Gasteiger partial charge in [-0.3, -0.25) is 4.79 Å². The number of likely N-dealkylation sites (tertiary alicyclic amines) is 1. The normalized spacial score (nSPS) is 18.1. The van der Waals surface area contributed by atoms with E-state index in [0.717, 1.165) is 0 Å². The van der Waals surface area contributed by atoms with Crippen molar-refractivity contribution in [1.82, 2.24) is 10.2 Å². The molecular formula is C14H26N2O4. The Morgan fingerprint density at radius 1 is 1.35 bits per heavy atom. The van der Waals surface area contributed by atoms with E-state index in [9.17, 15) is 9.59 Å². The van der Waals surface area contributed by atoms with Gasteiger partial charge in [0.2, 0.25) is 0 Å². The van der Waals surface area contributed by atoms with E-state index in [-0.39, 0.29) is 18.0 Å².